The van der Waals surface area contributed by atoms with Crippen molar-refractivity contribution in [2.45, 2.75) is 226 Å². The van der Waals surface area contributed by atoms with E-state index in [1.54, 1.807) is 0 Å². The van der Waals surface area contributed by atoms with Crippen LogP contribution in [0.25, 0.3) is 0 Å². The molecular weight excluding hydrogens is 484 g/mol. The van der Waals surface area contributed by atoms with Gasteiger partial charge in [0.05, 0.1) is 0 Å². The third kappa shape index (κ3) is 21.1. The van der Waals surface area contributed by atoms with Gasteiger partial charge < -0.3 is 9.80 Å². The third-order valence-corrected chi connectivity index (χ3v) is 9.34. The Morgan fingerprint density at radius 3 is 1.10 bits per heavy atom. The Bertz CT molecular complexity index is 528. The summed E-state index contributed by atoms with van der Waals surface area (Å²) in [6.07, 6.45) is 47.2. The van der Waals surface area contributed by atoms with E-state index in [-0.39, 0.29) is 0 Å². The predicted octanol–water partition coefficient (Wildman–Crippen LogP) is 13.2. The van der Waals surface area contributed by atoms with Gasteiger partial charge in [-0.25, -0.2) is 0 Å². The average molecular weight is 561 g/mol. The van der Waals surface area contributed by atoms with E-state index in [4.69, 9.17) is 0 Å². The van der Waals surface area contributed by atoms with Crippen molar-refractivity contribution in [3.8, 4) is 0 Å². The molecule has 238 valence electrons. The molecule has 2 heteroatoms. The molecule has 0 saturated heterocycles. The topological polar surface area (TPSA) is 6.48 Å². The fraction of sp³-hybridized carbons (Fsp3) is 0.947. The summed E-state index contributed by atoms with van der Waals surface area (Å²) in [5, 5.41) is 0. The van der Waals surface area contributed by atoms with E-state index in [1.165, 1.54) is 193 Å². The lowest BCUT2D eigenvalue weighted by Gasteiger charge is -2.35. The monoisotopic (exact) mass is 561 g/mol. The molecule has 1 aliphatic rings. The minimum atomic E-state index is 0.606. The van der Waals surface area contributed by atoms with E-state index in [0.29, 0.717) is 12.2 Å². The predicted molar refractivity (Wildman–Crippen MR) is 182 cm³/mol. The second-order valence-electron chi connectivity index (χ2n) is 13.5. The number of hydrogen-bond acceptors (Lipinski definition) is 2. The number of rotatable bonds is 31. The molecule has 0 radical (unpaired) electrons. The van der Waals surface area contributed by atoms with Gasteiger partial charge in [0.1, 0.15) is 6.17 Å². The molecule has 1 heterocycles. The van der Waals surface area contributed by atoms with Crippen molar-refractivity contribution >= 4 is 0 Å². The molecule has 1 rings (SSSR count). The number of nitrogens with zero attached hydrogens (tertiary/aromatic N) is 2. The summed E-state index contributed by atoms with van der Waals surface area (Å²) in [7, 11) is 0. The summed E-state index contributed by atoms with van der Waals surface area (Å²) < 4.78 is 0. The molecule has 0 saturated carbocycles. The maximum Gasteiger partial charge on any atom is 0.101 e. The molecule has 2 nitrogen and oxygen atoms in total. The lowest BCUT2D eigenvalue weighted by Crippen LogP contribution is -2.42. The highest BCUT2D eigenvalue weighted by Crippen LogP contribution is 2.25. The van der Waals surface area contributed by atoms with Crippen molar-refractivity contribution < 1.29 is 0 Å². The van der Waals surface area contributed by atoms with Gasteiger partial charge in [0.25, 0.3) is 0 Å². The molecule has 0 bridgehead atoms. The number of unbranched alkanes of at least 4 members (excludes halogenated alkanes) is 26. The Balaban J connectivity index is 1.97. The van der Waals surface area contributed by atoms with Crippen LogP contribution in [0.2, 0.25) is 0 Å². The Hall–Kier alpha value is -0.660. The van der Waals surface area contributed by atoms with Crippen LogP contribution in [0.15, 0.2) is 12.4 Å². The van der Waals surface area contributed by atoms with E-state index < -0.39 is 0 Å². The van der Waals surface area contributed by atoms with Gasteiger partial charge in [0, 0.05) is 25.0 Å². The highest BCUT2D eigenvalue weighted by molar-refractivity contribution is 4.98. The normalized spacial score (nSPS) is 15.3. The van der Waals surface area contributed by atoms with Gasteiger partial charge in [0.2, 0.25) is 0 Å². The summed E-state index contributed by atoms with van der Waals surface area (Å²) in [4.78, 5) is 5.28. The van der Waals surface area contributed by atoms with Crippen molar-refractivity contribution in [3.05, 3.63) is 12.4 Å². The van der Waals surface area contributed by atoms with Gasteiger partial charge in [-0.1, -0.05) is 181 Å². The molecule has 1 unspecified atom stereocenters. The minimum Gasteiger partial charge on any atom is -0.356 e. The van der Waals surface area contributed by atoms with Gasteiger partial charge in [-0.3, -0.25) is 0 Å². The maximum atomic E-state index is 2.67. The molecule has 0 aromatic carbocycles. The fourth-order valence-electron chi connectivity index (χ4n) is 6.60. The van der Waals surface area contributed by atoms with E-state index >= 15 is 0 Å². The van der Waals surface area contributed by atoms with Gasteiger partial charge in [-0.2, -0.15) is 0 Å². The molecule has 0 spiro atoms. The third-order valence-electron chi connectivity index (χ3n) is 9.34. The Morgan fingerprint density at radius 2 is 0.750 bits per heavy atom. The highest BCUT2D eigenvalue weighted by Gasteiger charge is 2.26. The van der Waals surface area contributed by atoms with Gasteiger partial charge in [-0.15, -0.1) is 0 Å². The summed E-state index contributed by atoms with van der Waals surface area (Å²) in [5.41, 5.74) is 0. The van der Waals surface area contributed by atoms with Crippen LogP contribution < -0.4 is 0 Å². The molecule has 0 amide bonds. The molecule has 0 N–H and O–H groups in total. The molecule has 40 heavy (non-hydrogen) atoms. The maximum absolute atomic E-state index is 2.67. The lowest BCUT2D eigenvalue weighted by molar-refractivity contribution is 0.114. The zero-order chi connectivity index (χ0) is 28.9. The van der Waals surface area contributed by atoms with E-state index in [2.05, 4.69) is 49.9 Å². The summed E-state index contributed by atoms with van der Waals surface area (Å²) >= 11 is 0. The first-order chi connectivity index (χ1) is 19.7. The second-order valence-corrected chi connectivity index (χ2v) is 13.5. The zero-order valence-electron chi connectivity index (χ0n) is 28.4. The van der Waals surface area contributed by atoms with E-state index in [9.17, 15) is 0 Å². The first-order valence-electron chi connectivity index (χ1n) is 18.9. The Kier molecular flexibility index (Phi) is 26.6. The minimum absolute atomic E-state index is 0.606. The number of hydrogen-bond donors (Lipinski definition) is 0. The zero-order valence-corrected chi connectivity index (χ0v) is 28.4. The van der Waals surface area contributed by atoms with Crippen molar-refractivity contribution in [3.63, 3.8) is 0 Å². The summed E-state index contributed by atoms with van der Waals surface area (Å²) in [5.74, 6) is 0. The fourth-order valence-corrected chi connectivity index (χ4v) is 6.60. The Labute approximate surface area is 254 Å². The molecule has 0 aromatic heterocycles. The van der Waals surface area contributed by atoms with Crippen LogP contribution in [-0.2, 0) is 0 Å². The molecule has 0 fully saturated rings. The second kappa shape index (κ2) is 28.5. The molecule has 1 aliphatic heterocycles. The van der Waals surface area contributed by atoms with Crippen LogP contribution in [0.3, 0.4) is 0 Å². The van der Waals surface area contributed by atoms with Crippen molar-refractivity contribution in [1.82, 2.24) is 9.80 Å². The molecular formula is C38H76N2. The summed E-state index contributed by atoms with van der Waals surface area (Å²) in [6.45, 7) is 10.6. The largest absolute Gasteiger partial charge is 0.356 e. The van der Waals surface area contributed by atoms with Crippen molar-refractivity contribution in [2.75, 3.05) is 6.54 Å². The SMILES string of the molecule is CCCCCCCCCCCCCCCCCCCN1C=CN(C(C)C)C1CCCCCCCCCCCCC. The van der Waals surface area contributed by atoms with Gasteiger partial charge in [0.15, 0.2) is 0 Å². The molecule has 0 aromatic rings. The molecule has 1 atom stereocenters. The van der Waals surface area contributed by atoms with Crippen LogP contribution in [0, 0.1) is 0 Å². The van der Waals surface area contributed by atoms with Gasteiger partial charge >= 0.3 is 0 Å². The lowest BCUT2D eigenvalue weighted by atomic mass is 10.0. The Morgan fingerprint density at radius 1 is 0.425 bits per heavy atom. The van der Waals surface area contributed by atoms with Crippen LogP contribution in [-0.4, -0.2) is 28.6 Å². The highest BCUT2D eigenvalue weighted by atomic mass is 15.4. The van der Waals surface area contributed by atoms with Crippen LogP contribution >= 0.6 is 0 Å². The van der Waals surface area contributed by atoms with Crippen molar-refractivity contribution in [2.24, 2.45) is 0 Å². The van der Waals surface area contributed by atoms with Gasteiger partial charge in [-0.05, 0) is 33.1 Å². The quantitative estimate of drug-likeness (QED) is 0.0778. The average Bonchev–Trinajstić information content (AvgIpc) is 3.36. The van der Waals surface area contributed by atoms with E-state index in [0.717, 1.165) is 0 Å². The first-order valence-corrected chi connectivity index (χ1v) is 18.9. The first kappa shape index (κ1) is 37.4. The van der Waals surface area contributed by atoms with Crippen LogP contribution in [0.1, 0.15) is 214 Å². The van der Waals surface area contributed by atoms with Crippen LogP contribution in [0.4, 0.5) is 0 Å². The standard InChI is InChI=1S/C38H76N2/c1-5-7-9-11-13-15-17-18-19-20-21-22-24-26-28-30-32-34-39-35-36-40(37(3)4)38(39)33-31-29-27-25-23-16-14-12-10-8-6-2/h35-38H,5-34H2,1-4H3. The van der Waals surface area contributed by atoms with Crippen LogP contribution in [0.5, 0.6) is 0 Å². The smallest absolute Gasteiger partial charge is 0.101 e. The summed E-state index contributed by atoms with van der Waals surface area (Å²) in [6, 6.07) is 0.606. The van der Waals surface area contributed by atoms with Crippen molar-refractivity contribution in [1.29, 1.82) is 0 Å². The van der Waals surface area contributed by atoms with E-state index in [1.807, 2.05) is 0 Å². The molecule has 0 aliphatic carbocycles.